The van der Waals surface area contributed by atoms with Crippen molar-refractivity contribution in [3.05, 3.63) is 35.2 Å². The summed E-state index contributed by atoms with van der Waals surface area (Å²) in [5, 5.41) is 4.10. The van der Waals surface area contributed by atoms with Crippen LogP contribution in [0.4, 0.5) is 20.3 Å². The number of anilines is 2. The number of hydrogen-bond donors (Lipinski definition) is 2. The molecule has 8 nitrogen and oxygen atoms in total. The molecule has 188 valence electrons. The fraction of sp³-hybridized carbons (Fsp3) is 0.583. The number of piperazine rings is 1. The van der Waals surface area contributed by atoms with Crippen LogP contribution in [0.5, 0.6) is 5.88 Å². The Bertz CT molecular complexity index is 936. The van der Waals surface area contributed by atoms with Gasteiger partial charge in [-0.1, -0.05) is 13.8 Å². The van der Waals surface area contributed by atoms with E-state index in [2.05, 4.69) is 37.3 Å². The topological polar surface area (TPSA) is 72.0 Å². The number of aryl methyl sites for hydroxylation is 1. The van der Waals surface area contributed by atoms with Crippen LogP contribution in [0, 0.1) is 18.6 Å². The maximum absolute atomic E-state index is 15.5. The first-order chi connectivity index (χ1) is 16.4. The van der Waals surface area contributed by atoms with Gasteiger partial charge in [0, 0.05) is 63.3 Å². The molecule has 2 N–H and O–H groups in total. The van der Waals surface area contributed by atoms with Gasteiger partial charge in [0.2, 0.25) is 5.82 Å². The van der Waals surface area contributed by atoms with Crippen molar-refractivity contribution < 1.29 is 13.5 Å². The SMILES string of the molecule is CCCN(CCC)c1c(F)c(N/N=C/c2c[nH]c(C)c2)nc(OCCN2CCN(C)CC2)c1F. The van der Waals surface area contributed by atoms with Gasteiger partial charge in [0.15, 0.2) is 11.6 Å². The smallest absolute Gasteiger partial charge is 0.254 e. The van der Waals surface area contributed by atoms with Crippen molar-refractivity contribution >= 4 is 17.7 Å². The third-order valence-corrected chi connectivity index (χ3v) is 5.80. The summed E-state index contributed by atoms with van der Waals surface area (Å²) in [6, 6.07) is 1.90. The van der Waals surface area contributed by atoms with Gasteiger partial charge < -0.3 is 19.5 Å². The molecule has 0 radical (unpaired) electrons. The molecule has 2 aromatic heterocycles. The van der Waals surface area contributed by atoms with E-state index in [9.17, 15) is 0 Å². The lowest BCUT2D eigenvalue weighted by Crippen LogP contribution is -2.45. The molecule has 2 aromatic rings. The number of nitrogens with one attached hydrogen (secondary N) is 2. The first-order valence-electron chi connectivity index (χ1n) is 12.0. The van der Waals surface area contributed by atoms with Crippen molar-refractivity contribution in [2.24, 2.45) is 5.10 Å². The fourth-order valence-electron chi connectivity index (χ4n) is 3.95. The van der Waals surface area contributed by atoms with Crippen LogP contribution in [-0.2, 0) is 0 Å². The van der Waals surface area contributed by atoms with Gasteiger partial charge in [-0.25, -0.2) is 4.39 Å². The summed E-state index contributed by atoms with van der Waals surface area (Å²) in [6.07, 6.45) is 4.86. The molecule has 0 unspecified atom stereocenters. The Hall–Kier alpha value is -2.72. The summed E-state index contributed by atoms with van der Waals surface area (Å²) in [7, 11) is 2.10. The van der Waals surface area contributed by atoms with Crippen LogP contribution in [0.25, 0.3) is 0 Å². The second kappa shape index (κ2) is 12.7. The lowest BCUT2D eigenvalue weighted by Gasteiger charge is -2.32. The molecule has 0 atom stereocenters. The molecule has 0 amide bonds. The Balaban J connectivity index is 1.81. The molecular weight excluding hydrogens is 440 g/mol. The van der Waals surface area contributed by atoms with Gasteiger partial charge in [0.1, 0.15) is 12.3 Å². The predicted octanol–water partition coefficient (Wildman–Crippen LogP) is 3.69. The molecule has 1 aliphatic rings. The van der Waals surface area contributed by atoms with Crippen molar-refractivity contribution in [1.82, 2.24) is 19.8 Å². The van der Waals surface area contributed by atoms with E-state index in [1.165, 1.54) is 0 Å². The van der Waals surface area contributed by atoms with Gasteiger partial charge in [-0.05, 0) is 32.9 Å². The molecule has 1 saturated heterocycles. The molecule has 10 heteroatoms. The zero-order chi connectivity index (χ0) is 24.5. The van der Waals surface area contributed by atoms with Crippen LogP contribution in [0.3, 0.4) is 0 Å². The number of aromatic amines is 1. The summed E-state index contributed by atoms with van der Waals surface area (Å²) in [6.45, 7) is 11.7. The molecule has 0 bridgehead atoms. The van der Waals surface area contributed by atoms with Crippen molar-refractivity contribution in [2.75, 3.05) is 69.8 Å². The van der Waals surface area contributed by atoms with Crippen LogP contribution in [0.2, 0.25) is 0 Å². The highest BCUT2D eigenvalue weighted by molar-refractivity contribution is 5.80. The minimum absolute atomic E-state index is 0.122. The Morgan fingerprint density at radius 1 is 1.18 bits per heavy atom. The molecule has 1 fully saturated rings. The predicted molar refractivity (Wildman–Crippen MR) is 133 cm³/mol. The van der Waals surface area contributed by atoms with Crippen LogP contribution < -0.4 is 15.1 Å². The zero-order valence-corrected chi connectivity index (χ0v) is 20.7. The van der Waals surface area contributed by atoms with E-state index in [4.69, 9.17) is 4.74 Å². The molecular formula is C24H37F2N7O. The molecule has 3 heterocycles. The number of ether oxygens (including phenoxy) is 1. The first-order valence-corrected chi connectivity index (χ1v) is 12.0. The molecule has 0 spiro atoms. The minimum Gasteiger partial charge on any atom is -0.474 e. The quantitative estimate of drug-likeness (QED) is 0.359. The summed E-state index contributed by atoms with van der Waals surface area (Å²) >= 11 is 0. The average Bonchev–Trinajstić information content (AvgIpc) is 3.23. The lowest BCUT2D eigenvalue weighted by molar-refractivity contribution is 0.131. The van der Waals surface area contributed by atoms with E-state index in [-0.39, 0.29) is 24.0 Å². The van der Waals surface area contributed by atoms with Gasteiger partial charge in [-0.2, -0.15) is 14.5 Å². The Morgan fingerprint density at radius 3 is 2.50 bits per heavy atom. The van der Waals surface area contributed by atoms with Crippen molar-refractivity contribution in [3.8, 4) is 5.88 Å². The lowest BCUT2D eigenvalue weighted by atomic mass is 10.2. The second-order valence-corrected chi connectivity index (χ2v) is 8.71. The Labute approximate surface area is 201 Å². The molecule has 0 aromatic carbocycles. The molecule has 3 rings (SSSR count). The number of likely N-dealkylation sites (N-methyl/N-ethyl adjacent to an activating group) is 1. The number of rotatable bonds is 12. The standard InChI is InChI=1S/C24H37F2N7O/c1-5-7-33(8-6-2)22-20(25)23(30-28-17-19-15-18(3)27-16-19)29-24(21(22)26)34-14-13-32-11-9-31(4)10-12-32/h15-17,27H,5-14H2,1-4H3,(H,29,30)/b28-17+. The van der Waals surface area contributed by atoms with Gasteiger partial charge in [0.05, 0.1) is 6.21 Å². The molecule has 0 saturated carbocycles. The van der Waals surface area contributed by atoms with Crippen molar-refractivity contribution in [3.63, 3.8) is 0 Å². The highest BCUT2D eigenvalue weighted by atomic mass is 19.1. The van der Waals surface area contributed by atoms with Crippen LogP contribution in [-0.4, -0.2) is 85.5 Å². The summed E-state index contributed by atoms with van der Waals surface area (Å²) in [4.78, 5) is 13.4. The summed E-state index contributed by atoms with van der Waals surface area (Å²) in [5.41, 5.74) is 4.34. The van der Waals surface area contributed by atoms with E-state index >= 15 is 8.78 Å². The van der Waals surface area contributed by atoms with E-state index in [0.29, 0.717) is 19.6 Å². The Kier molecular flexibility index (Phi) is 9.64. The maximum Gasteiger partial charge on any atom is 0.254 e. The average molecular weight is 478 g/mol. The highest BCUT2D eigenvalue weighted by Gasteiger charge is 2.26. The van der Waals surface area contributed by atoms with Crippen molar-refractivity contribution in [2.45, 2.75) is 33.6 Å². The largest absolute Gasteiger partial charge is 0.474 e. The van der Waals surface area contributed by atoms with Gasteiger partial charge in [0.25, 0.3) is 5.88 Å². The molecule has 1 aliphatic heterocycles. The Morgan fingerprint density at radius 2 is 1.88 bits per heavy atom. The minimum atomic E-state index is -0.770. The second-order valence-electron chi connectivity index (χ2n) is 8.71. The number of pyridine rings is 1. The van der Waals surface area contributed by atoms with Gasteiger partial charge in [-0.3, -0.25) is 10.3 Å². The number of halogens is 2. The number of nitrogens with zero attached hydrogens (tertiary/aromatic N) is 5. The summed E-state index contributed by atoms with van der Waals surface area (Å²) in [5.74, 6) is -1.91. The van der Waals surface area contributed by atoms with Crippen LogP contribution in [0.15, 0.2) is 17.4 Å². The zero-order valence-electron chi connectivity index (χ0n) is 20.7. The van der Waals surface area contributed by atoms with Gasteiger partial charge in [-0.15, -0.1) is 0 Å². The number of hydrogen-bond acceptors (Lipinski definition) is 7. The molecule has 0 aliphatic carbocycles. The monoisotopic (exact) mass is 477 g/mol. The third kappa shape index (κ3) is 6.89. The maximum atomic E-state index is 15.5. The number of H-pyrrole nitrogens is 1. The fourth-order valence-corrected chi connectivity index (χ4v) is 3.95. The number of aromatic nitrogens is 2. The van der Waals surface area contributed by atoms with E-state index in [1.807, 2.05) is 26.8 Å². The van der Waals surface area contributed by atoms with Crippen molar-refractivity contribution in [1.29, 1.82) is 0 Å². The number of hydrazone groups is 1. The third-order valence-electron chi connectivity index (χ3n) is 5.80. The van der Waals surface area contributed by atoms with Gasteiger partial charge >= 0.3 is 0 Å². The summed E-state index contributed by atoms with van der Waals surface area (Å²) < 4.78 is 36.6. The van der Waals surface area contributed by atoms with Crippen LogP contribution in [0.1, 0.15) is 37.9 Å². The van der Waals surface area contributed by atoms with E-state index in [1.54, 1.807) is 17.3 Å². The van der Waals surface area contributed by atoms with E-state index < -0.39 is 11.6 Å². The van der Waals surface area contributed by atoms with Crippen LogP contribution >= 0.6 is 0 Å². The first kappa shape index (κ1) is 25.9. The highest BCUT2D eigenvalue weighted by Crippen LogP contribution is 2.34. The van der Waals surface area contributed by atoms with E-state index in [0.717, 1.165) is 50.3 Å². The molecule has 34 heavy (non-hydrogen) atoms. The normalized spacial score (nSPS) is 15.2.